The van der Waals surface area contributed by atoms with E-state index in [2.05, 4.69) is 10.3 Å². The van der Waals surface area contributed by atoms with Gasteiger partial charge in [-0.3, -0.25) is 19.4 Å². The quantitative estimate of drug-likeness (QED) is 0.494. The number of amides is 2. The van der Waals surface area contributed by atoms with Crippen molar-refractivity contribution < 1.29 is 14.0 Å². The second-order valence-corrected chi connectivity index (χ2v) is 7.63. The van der Waals surface area contributed by atoms with Crippen molar-refractivity contribution in [1.29, 1.82) is 0 Å². The van der Waals surface area contributed by atoms with Gasteiger partial charge in [-0.1, -0.05) is 12.1 Å². The molecule has 0 bridgehead atoms. The maximum absolute atomic E-state index is 13.0. The fourth-order valence-electron chi connectivity index (χ4n) is 3.38. The predicted octanol–water partition coefficient (Wildman–Crippen LogP) is 3.45. The lowest BCUT2D eigenvalue weighted by molar-refractivity contribution is -0.131. The van der Waals surface area contributed by atoms with Gasteiger partial charge in [-0.25, -0.2) is 4.39 Å². The third-order valence-corrected chi connectivity index (χ3v) is 5.17. The summed E-state index contributed by atoms with van der Waals surface area (Å²) in [7, 11) is 1.66. The number of hydrogen-bond acceptors (Lipinski definition) is 4. The molecular formula is C25H21FN4O3. The molecule has 0 spiro atoms. The fraction of sp³-hybridized carbons (Fsp3) is 0.120. The van der Waals surface area contributed by atoms with Crippen LogP contribution in [0.2, 0.25) is 0 Å². The van der Waals surface area contributed by atoms with Crippen LogP contribution in [0.3, 0.4) is 0 Å². The van der Waals surface area contributed by atoms with Crippen molar-refractivity contribution in [3.63, 3.8) is 0 Å². The number of anilines is 1. The van der Waals surface area contributed by atoms with Gasteiger partial charge in [0, 0.05) is 43.1 Å². The molecule has 33 heavy (non-hydrogen) atoms. The van der Waals surface area contributed by atoms with E-state index in [9.17, 15) is 18.8 Å². The van der Waals surface area contributed by atoms with Gasteiger partial charge in [0.25, 0.3) is 11.5 Å². The second-order valence-electron chi connectivity index (χ2n) is 7.63. The first-order valence-corrected chi connectivity index (χ1v) is 10.2. The second kappa shape index (κ2) is 9.44. The number of rotatable bonds is 6. The Labute approximate surface area is 189 Å². The maximum atomic E-state index is 13.0. The minimum atomic E-state index is -0.471. The molecule has 2 aromatic heterocycles. The van der Waals surface area contributed by atoms with Gasteiger partial charge in [-0.15, -0.1) is 0 Å². The minimum Gasteiger partial charge on any atom is -0.340 e. The van der Waals surface area contributed by atoms with Gasteiger partial charge in [0.1, 0.15) is 12.4 Å². The Morgan fingerprint density at radius 2 is 1.85 bits per heavy atom. The van der Waals surface area contributed by atoms with E-state index >= 15 is 0 Å². The molecule has 7 nitrogen and oxygen atoms in total. The first kappa shape index (κ1) is 21.9. The SMILES string of the molecule is CN(Cc1ccc2ncccc2c1)C(=O)Cn1cc(C(=O)Nc2ccc(F)cc2)ccc1=O. The van der Waals surface area contributed by atoms with Gasteiger partial charge in [0.15, 0.2) is 0 Å². The van der Waals surface area contributed by atoms with Crippen molar-refractivity contribution >= 4 is 28.4 Å². The van der Waals surface area contributed by atoms with Crippen molar-refractivity contribution in [1.82, 2.24) is 14.5 Å². The predicted molar refractivity (Wildman–Crippen MR) is 123 cm³/mol. The first-order valence-electron chi connectivity index (χ1n) is 10.2. The molecule has 2 amide bonds. The van der Waals surface area contributed by atoms with Crippen LogP contribution in [0.25, 0.3) is 10.9 Å². The van der Waals surface area contributed by atoms with E-state index in [1.807, 2.05) is 30.3 Å². The lowest BCUT2D eigenvalue weighted by Crippen LogP contribution is -2.33. The summed E-state index contributed by atoms with van der Waals surface area (Å²) in [5.41, 5.74) is 2.03. The van der Waals surface area contributed by atoms with E-state index in [4.69, 9.17) is 0 Å². The summed E-state index contributed by atoms with van der Waals surface area (Å²) in [5.74, 6) is -1.16. The number of fused-ring (bicyclic) bond motifs is 1. The van der Waals surface area contributed by atoms with E-state index in [0.29, 0.717) is 12.2 Å². The molecule has 8 heteroatoms. The van der Waals surface area contributed by atoms with Gasteiger partial charge in [-0.05, 0) is 54.1 Å². The highest BCUT2D eigenvalue weighted by molar-refractivity contribution is 6.04. The summed E-state index contributed by atoms with van der Waals surface area (Å²) >= 11 is 0. The topological polar surface area (TPSA) is 84.3 Å². The third kappa shape index (κ3) is 5.30. The molecule has 0 aliphatic heterocycles. The van der Waals surface area contributed by atoms with Gasteiger partial charge >= 0.3 is 0 Å². The van der Waals surface area contributed by atoms with Gasteiger partial charge in [0.2, 0.25) is 5.91 Å². The number of halogens is 1. The summed E-state index contributed by atoms with van der Waals surface area (Å²) < 4.78 is 14.2. The first-order chi connectivity index (χ1) is 15.9. The average molecular weight is 444 g/mol. The zero-order valence-corrected chi connectivity index (χ0v) is 17.9. The molecule has 0 radical (unpaired) electrons. The normalized spacial score (nSPS) is 10.7. The maximum Gasteiger partial charge on any atom is 0.257 e. The molecule has 2 heterocycles. The molecule has 4 aromatic rings. The largest absolute Gasteiger partial charge is 0.340 e. The number of nitrogens with zero attached hydrogens (tertiary/aromatic N) is 3. The summed E-state index contributed by atoms with van der Waals surface area (Å²) in [4.78, 5) is 43.3. The van der Waals surface area contributed by atoms with Crippen molar-refractivity contribution in [3.8, 4) is 0 Å². The van der Waals surface area contributed by atoms with Crippen LogP contribution in [0.1, 0.15) is 15.9 Å². The third-order valence-electron chi connectivity index (χ3n) is 5.17. The Kier molecular flexibility index (Phi) is 6.26. The monoisotopic (exact) mass is 444 g/mol. The molecule has 0 aliphatic carbocycles. The molecule has 0 unspecified atom stereocenters. The Morgan fingerprint density at radius 3 is 2.64 bits per heavy atom. The highest BCUT2D eigenvalue weighted by Gasteiger charge is 2.14. The fourth-order valence-corrected chi connectivity index (χ4v) is 3.38. The number of hydrogen-bond donors (Lipinski definition) is 1. The van der Waals surface area contributed by atoms with Gasteiger partial charge in [0.05, 0.1) is 11.1 Å². The van der Waals surface area contributed by atoms with Crippen LogP contribution in [0, 0.1) is 5.82 Å². The van der Waals surface area contributed by atoms with Crippen LogP contribution < -0.4 is 10.9 Å². The molecule has 0 saturated carbocycles. The molecule has 0 aliphatic rings. The number of aromatic nitrogens is 2. The molecule has 0 fully saturated rings. The van der Waals surface area contributed by atoms with Crippen LogP contribution in [-0.4, -0.2) is 33.3 Å². The van der Waals surface area contributed by atoms with E-state index in [1.54, 1.807) is 13.2 Å². The van der Waals surface area contributed by atoms with Crippen molar-refractivity contribution in [2.24, 2.45) is 0 Å². The van der Waals surface area contributed by atoms with E-state index in [0.717, 1.165) is 16.5 Å². The number of carbonyl (C=O) groups is 2. The Bertz CT molecular complexity index is 1380. The summed E-state index contributed by atoms with van der Waals surface area (Å²) in [6.07, 6.45) is 3.07. The van der Waals surface area contributed by atoms with Crippen molar-refractivity contribution in [2.45, 2.75) is 13.1 Å². The molecule has 166 valence electrons. The van der Waals surface area contributed by atoms with E-state index in [-0.39, 0.29) is 18.0 Å². The molecule has 1 N–H and O–H groups in total. The highest BCUT2D eigenvalue weighted by Crippen LogP contribution is 2.15. The Hall–Kier alpha value is -4.33. The highest BCUT2D eigenvalue weighted by atomic mass is 19.1. The van der Waals surface area contributed by atoms with Crippen molar-refractivity contribution in [2.75, 3.05) is 12.4 Å². The molecular weight excluding hydrogens is 423 g/mol. The number of benzene rings is 2. The Balaban J connectivity index is 1.44. The lowest BCUT2D eigenvalue weighted by Gasteiger charge is -2.18. The molecule has 0 saturated heterocycles. The summed E-state index contributed by atoms with van der Waals surface area (Å²) in [6.45, 7) is 0.158. The van der Waals surface area contributed by atoms with Crippen molar-refractivity contribution in [3.05, 3.63) is 106 Å². The average Bonchev–Trinajstić information content (AvgIpc) is 2.81. The molecule has 0 atom stereocenters. The van der Waals surface area contributed by atoms with Crippen LogP contribution in [-0.2, 0) is 17.9 Å². The standard InChI is InChI=1S/C25H21FN4O3/c1-29(14-17-4-10-22-18(13-17)3-2-12-27-22)24(32)16-30-15-19(5-11-23(30)31)25(33)28-21-8-6-20(26)7-9-21/h2-13,15H,14,16H2,1H3,(H,28,33). The van der Waals surface area contributed by atoms with Crippen LogP contribution in [0.4, 0.5) is 10.1 Å². The minimum absolute atomic E-state index is 0.205. The number of carbonyl (C=O) groups excluding carboxylic acids is 2. The zero-order valence-electron chi connectivity index (χ0n) is 17.9. The molecule has 4 rings (SSSR count). The smallest absolute Gasteiger partial charge is 0.257 e. The number of pyridine rings is 2. The van der Waals surface area contributed by atoms with E-state index in [1.165, 1.54) is 52.1 Å². The van der Waals surface area contributed by atoms with Gasteiger partial charge < -0.3 is 14.8 Å². The van der Waals surface area contributed by atoms with Crippen LogP contribution in [0.5, 0.6) is 0 Å². The summed E-state index contributed by atoms with van der Waals surface area (Å²) in [5, 5.41) is 3.61. The lowest BCUT2D eigenvalue weighted by atomic mass is 10.1. The van der Waals surface area contributed by atoms with Crippen LogP contribution in [0.15, 0.2) is 83.9 Å². The van der Waals surface area contributed by atoms with Crippen LogP contribution >= 0.6 is 0 Å². The molecule has 2 aromatic carbocycles. The zero-order chi connectivity index (χ0) is 23.4. The number of likely N-dealkylation sites (N-methyl/N-ethyl adjacent to an activating group) is 1. The van der Waals surface area contributed by atoms with Gasteiger partial charge in [-0.2, -0.15) is 0 Å². The van der Waals surface area contributed by atoms with E-state index < -0.39 is 17.3 Å². The summed E-state index contributed by atoms with van der Waals surface area (Å²) in [6, 6.07) is 17.5. The Morgan fingerprint density at radius 1 is 1.06 bits per heavy atom. The number of nitrogens with one attached hydrogen (secondary N) is 1.